The van der Waals surface area contributed by atoms with Gasteiger partial charge in [0, 0.05) is 11.9 Å². The van der Waals surface area contributed by atoms with Gasteiger partial charge in [0.25, 0.3) is 0 Å². The number of para-hydroxylation sites is 1. The smallest absolute Gasteiger partial charge is 0.337 e. The van der Waals surface area contributed by atoms with Gasteiger partial charge in [0.1, 0.15) is 5.82 Å². The van der Waals surface area contributed by atoms with Gasteiger partial charge in [0.05, 0.1) is 5.56 Å². The average molecular weight is 257 g/mol. The van der Waals surface area contributed by atoms with Crippen LogP contribution in [0.25, 0.3) is 0 Å². The van der Waals surface area contributed by atoms with Crippen molar-refractivity contribution in [2.75, 3.05) is 10.6 Å². The Kier molecular flexibility index (Phi) is 3.72. The van der Waals surface area contributed by atoms with Crippen LogP contribution in [0.2, 0.25) is 0 Å². The van der Waals surface area contributed by atoms with Gasteiger partial charge in [-0.3, -0.25) is 5.32 Å². The van der Waals surface area contributed by atoms with Crippen molar-refractivity contribution >= 4 is 23.5 Å². The minimum absolute atomic E-state index is 0.0639. The highest BCUT2D eigenvalue weighted by Gasteiger charge is 2.05. The molecular weight excluding hydrogens is 246 g/mol. The third kappa shape index (κ3) is 3.53. The van der Waals surface area contributed by atoms with Gasteiger partial charge < -0.3 is 10.4 Å². The number of amides is 2. The molecule has 0 radical (unpaired) electrons. The van der Waals surface area contributed by atoms with E-state index in [1.165, 1.54) is 18.3 Å². The van der Waals surface area contributed by atoms with Crippen LogP contribution < -0.4 is 10.6 Å². The number of urea groups is 1. The largest absolute Gasteiger partial charge is 0.478 e. The van der Waals surface area contributed by atoms with E-state index in [0.29, 0.717) is 5.69 Å². The lowest BCUT2D eigenvalue weighted by Gasteiger charge is -2.06. The molecule has 1 heterocycles. The SMILES string of the molecule is O=C(Nc1ccccc1)Nc1ccc(C(=O)O)cn1. The molecular formula is C13H11N3O3. The van der Waals surface area contributed by atoms with E-state index in [1.54, 1.807) is 24.3 Å². The van der Waals surface area contributed by atoms with Crippen LogP contribution in [-0.2, 0) is 0 Å². The number of rotatable bonds is 3. The predicted octanol–water partition coefficient (Wildman–Crippen LogP) is 2.42. The first-order chi connectivity index (χ1) is 9.15. The molecule has 6 heteroatoms. The summed E-state index contributed by atoms with van der Waals surface area (Å²) in [5.74, 6) is -0.786. The van der Waals surface area contributed by atoms with Gasteiger partial charge >= 0.3 is 12.0 Å². The Morgan fingerprint density at radius 3 is 2.32 bits per heavy atom. The number of benzene rings is 1. The molecule has 0 saturated heterocycles. The summed E-state index contributed by atoms with van der Waals surface area (Å²) in [5, 5.41) is 13.8. The van der Waals surface area contributed by atoms with Gasteiger partial charge in [-0.15, -0.1) is 0 Å². The standard InChI is InChI=1S/C13H11N3O3/c17-12(18)9-6-7-11(14-8-9)16-13(19)15-10-4-2-1-3-5-10/h1-8H,(H,17,18)(H2,14,15,16,19). The van der Waals surface area contributed by atoms with Gasteiger partial charge in [-0.2, -0.15) is 0 Å². The first kappa shape index (κ1) is 12.6. The number of hydrogen-bond acceptors (Lipinski definition) is 3. The molecule has 96 valence electrons. The Morgan fingerprint density at radius 2 is 1.74 bits per heavy atom. The highest BCUT2D eigenvalue weighted by Crippen LogP contribution is 2.08. The number of carboxylic acid groups (broad SMARTS) is 1. The molecule has 0 aliphatic rings. The molecule has 1 aromatic heterocycles. The molecule has 2 aromatic rings. The fraction of sp³-hybridized carbons (Fsp3) is 0. The first-order valence-electron chi connectivity index (χ1n) is 5.47. The number of carbonyl (C=O) groups is 2. The quantitative estimate of drug-likeness (QED) is 0.787. The highest BCUT2D eigenvalue weighted by molar-refractivity contribution is 5.99. The van der Waals surface area contributed by atoms with Crippen LogP contribution in [0, 0.1) is 0 Å². The molecule has 2 amide bonds. The van der Waals surface area contributed by atoms with Crippen LogP contribution in [0.15, 0.2) is 48.7 Å². The van der Waals surface area contributed by atoms with Crippen molar-refractivity contribution in [1.29, 1.82) is 0 Å². The number of aromatic nitrogens is 1. The number of nitrogens with zero attached hydrogens (tertiary/aromatic N) is 1. The second kappa shape index (κ2) is 5.63. The summed E-state index contributed by atoms with van der Waals surface area (Å²) in [6.45, 7) is 0. The van der Waals surface area contributed by atoms with E-state index >= 15 is 0 Å². The summed E-state index contributed by atoms with van der Waals surface area (Å²) in [7, 11) is 0. The molecule has 0 unspecified atom stereocenters. The summed E-state index contributed by atoms with van der Waals surface area (Å²) >= 11 is 0. The molecule has 0 aliphatic heterocycles. The predicted molar refractivity (Wildman–Crippen MR) is 70.3 cm³/mol. The number of nitrogens with one attached hydrogen (secondary N) is 2. The van der Waals surface area contributed by atoms with Crippen molar-refractivity contribution in [2.24, 2.45) is 0 Å². The Labute approximate surface area is 109 Å². The first-order valence-corrected chi connectivity index (χ1v) is 5.47. The lowest BCUT2D eigenvalue weighted by Crippen LogP contribution is -2.20. The zero-order chi connectivity index (χ0) is 13.7. The molecule has 6 nitrogen and oxygen atoms in total. The maximum absolute atomic E-state index is 11.6. The van der Waals surface area contributed by atoms with Gasteiger partial charge in [-0.05, 0) is 24.3 Å². The zero-order valence-electron chi connectivity index (χ0n) is 9.83. The number of carboxylic acids is 1. The highest BCUT2D eigenvalue weighted by atomic mass is 16.4. The maximum Gasteiger partial charge on any atom is 0.337 e. The van der Waals surface area contributed by atoms with Crippen molar-refractivity contribution in [3.05, 3.63) is 54.2 Å². The normalized spacial score (nSPS) is 9.68. The van der Waals surface area contributed by atoms with E-state index in [-0.39, 0.29) is 11.4 Å². The van der Waals surface area contributed by atoms with Crippen molar-refractivity contribution < 1.29 is 14.7 Å². The third-order valence-electron chi connectivity index (χ3n) is 2.28. The lowest BCUT2D eigenvalue weighted by molar-refractivity contribution is 0.0696. The monoisotopic (exact) mass is 257 g/mol. The molecule has 3 N–H and O–H groups in total. The van der Waals surface area contributed by atoms with Crippen LogP contribution in [0.5, 0.6) is 0 Å². The average Bonchev–Trinajstić information content (AvgIpc) is 2.40. The molecule has 0 bridgehead atoms. The van der Waals surface area contributed by atoms with Crippen molar-refractivity contribution in [1.82, 2.24) is 4.98 Å². The van der Waals surface area contributed by atoms with E-state index in [2.05, 4.69) is 15.6 Å². The van der Waals surface area contributed by atoms with E-state index in [4.69, 9.17) is 5.11 Å². The molecule has 0 saturated carbocycles. The Morgan fingerprint density at radius 1 is 1.00 bits per heavy atom. The Balaban J connectivity index is 1.97. The van der Waals surface area contributed by atoms with E-state index < -0.39 is 12.0 Å². The summed E-state index contributed by atoms with van der Waals surface area (Å²) in [6, 6.07) is 11.3. The fourth-order valence-corrected chi connectivity index (χ4v) is 1.39. The molecule has 0 fully saturated rings. The van der Waals surface area contributed by atoms with Gasteiger partial charge in [-0.25, -0.2) is 14.6 Å². The van der Waals surface area contributed by atoms with Crippen LogP contribution in [-0.4, -0.2) is 22.1 Å². The van der Waals surface area contributed by atoms with E-state index in [9.17, 15) is 9.59 Å². The summed E-state index contributed by atoms with van der Waals surface area (Å²) in [4.78, 5) is 26.1. The summed E-state index contributed by atoms with van der Waals surface area (Å²) in [6.07, 6.45) is 1.18. The Hall–Kier alpha value is -2.89. The number of carbonyl (C=O) groups excluding carboxylic acids is 1. The molecule has 1 aromatic carbocycles. The Bertz CT molecular complexity index is 582. The maximum atomic E-state index is 11.6. The zero-order valence-corrected chi connectivity index (χ0v) is 9.83. The number of hydrogen-bond donors (Lipinski definition) is 3. The van der Waals surface area contributed by atoms with Gasteiger partial charge in [-0.1, -0.05) is 18.2 Å². The lowest BCUT2D eigenvalue weighted by atomic mass is 10.3. The van der Waals surface area contributed by atoms with Gasteiger partial charge in [0.15, 0.2) is 0 Å². The minimum atomic E-state index is -1.06. The summed E-state index contributed by atoms with van der Waals surface area (Å²) < 4.78 is 0. The minimum Gasteiger partial charge on any atom is -0.478 e. The number of anilines is 2. The summed E-state index contributed by atoms with van der Waals surface area (Å²) in [5.41, 5.74) is 0.719. The van der Waals surface area contributed by atoms with E-state index in [1.807, 2.05) is 6.07 Å². The van der Waals surface area contributed by atoms with Crippen molar-refractivity contribution in [3.63, 3.8) is 0 Å². The molecule has 0 aliphatic carbocycles. The van der Waals surface area contributed by atoms with E-state index in [0.717, 1.165) is 0 Å². The fourth-order valence-electron chi connectivity index (χ4n) is 1.39. The van der Waals surface area contributed by atoms with Crippen LogP contribution in [0.3, 0.4) is 0 Å². The van der Waals surface area contributed by atoms with Crippen LogP contribution in [0.4, 0.5) is 16.3 Å². The van der Waals surface area contributed by atoms with Crippen LogP contribution in [0.1, 0.15) is 10.4 Å². The molecule has 0 atom stereocenters. The van der Waals surface area contributed by atoms with Crippen LogP contribution >= 0.6 is 0 Å². The van der Waals surface area contributed by atoms with Crippen molar-refractivity contribution in [3.8, 4) is 0 Å². The molecule has 0 spiro atoms. The third-order valence-corrected chi connectivity index (χ3v) is 2.28. The number of pyridine rings is 1. The topological polar surface area (TPSA) is 91.3 Å². The molecule has 19 heavy (non-hydrogen) atoms. The second-order valence-electron chi connectivity index (χ2n) is 3.68. The molecule has 2 rings (SSSR count). The van der Waals surface area contributed by atoms with Gasteiger partial charge in [0.2, 0.25) is 0 Å². The second-order valence-corrected chi connectivity index (χ2v) is 3.68. The number of aromatic carboxylic acids is 1. The van der Waals surface area contributed by atoms with Crippen molar-refractivity contribution in [2.45, 2.75) is 0 Å².